The normalized spacial score (nSPS) is 16.6. The maximum absolute atomic E-state index is 12.4. The monoisotopic (exact) mass is 439 g/mol. The molecule has 2 aromatic rings. The summed E-state index contributed by atoms with van der Waals surface area (Å²) in [5.41, 5.74) is 3.52. The highest BCUT2D eigenvalue weighted by Crippen LogP contribution is 2.27. The number of nitrogens with one attached hydrogen (secondary N) is 2. The standard InChI is InChI=1S/C24H29N3O5/c1-15-8-16(2)10-19(9-15)26-22(29)14-32-21-6-4-20(5-7-21)27-13-18(11-23(27)30)24(31)25-12-17(3)28/h4-10,17-18,28H,11-14H2,1-3H3,(H,25,31)(H,26,29)/t17-,18-/m1/s1. The Bertz CT molecular complexity index is 967. The highest BCUT2D eigenvalue weighted by Gasteiger charge is 2.35. The van der Waals surface area contributed by atoms with E-state index in [0.717, 1.165) is 16.8 Å². The molecule has 0 radical (unpaired) electrons. The van der Waals surface area contributed by atoms with Gasteiger partial charge >= 0.3 is 0 Å². The fraction of sp³-hybridized carbons (Fsp3) is 0.375. The Labute approximate surface area is 187 Å². The van der Waals surface area contributed by atoms with Gasteiger partial charge in [-0.15, -0.1) is 0 Å². The van der Waals surface area contributed by atoms with Crippen LogP contribution in [0.1, 0.15) is 24.5 Å². The molecule has 0 aliphatic carbocycles. The van der Waals surface area contributed by atoms with Gasteiger partial charge in [-0.05, 0) is 68.3 Å². The molecule has 1 heterocycles. The first-order chi connectivity index (χ1) is 15.2. The summed E-state index contributed by atoms with van der Waals surface area (Å²) in [5, 5.41) is 14.8. The maximum atomic E-state index is 12.4. The second kappa shape index (κ2) is 10.3. The molecule has 0 bridgehead atoms. The van der Waals surface area contributed by atoms with Crippen molar-refractivity contribution in [1.82, 2.24) is 5.32 Å². The molecule has 2 aromatic carbocycles. The molecule has 1 aliphatic rings. The van der Waals surface area contributed by atoms with Gasteiger partial charge in [-0.1, -0.05) is 6.07 Å². The first-order valence-corrected chi connectivity index (χ1v) is 10.6. The summed E-state index contributed by atoms with van der Waals surface area (Å²) in [6.07, 6.45) is -0.509. The smallest absolute Gasteiger partial charge is 0.262 e. The molecule has 0 spiro atoms. The van der Waals surface area contributed by atoms with E-state index < -0.39 is 12.0 Å². The number of amides is 3. The number of hydrogen-bond donors (Lipinski definition) is 3. The van der Waals surface area contributed by atoms with E-state index in [1.54, 1.807) is 36.1 Å². The van der Waals surface area contributed by atoms with Crippen molar-refractivity contribution in [2.75, 3.05) is 29.9 Å². The van der Waals surface area contributed by atoms with Crippen molar-refractivity contribution in [2.45, 2.75) is 33.3 Å². The maximum Gasteiger partial charge on any atom is 0.262 e. The summed E-state index contributed by atoms with van der Waals surface area (Å²) in [7, 11) is 0. The first-order valence-electron chi connectivity index (χ1n) is 10.6. The summed E-state index contributed by atoms with van der Waals surface area (Å²) in [6, 6.07) is 12.6. The molecule has 8 heteroatoms. The van der Waals surface area contributed by atoms with Gasteiger partial charge in [-0.3, -0.25) is 14.4 Å². The minimum Gasteiger partial charge on any atom is -0.484 e. The topological polar surface area (TPSA) is 108 Å². The largest absolute Gasteiger partial charge is 0.484 e. The third-order valence-corrected chi connectivity index (χ3v) is 5.09. The predicted octanol–water partition coefficient (Wildman–Crippen LogP) is 2.17. The van der Waals surface area contributed by atoms with Gasteiger partial charge in [-0.25, -0.2) is 0 Å². The van der Waals surface area contributed by atoms with E-state index in [2.05, 4.69) is 10.6 Å². The van der Waals surface area contributed by atoms with Crippen LogP contribution in [0.4, 0.5) is 11.4 Å². The molecule has 1 fully saturated rings. The highest BCUT2D eigenvalue weighted by atomic mass is 16.5. The first kappa shape index (κ1) is 23.3. The lowest BCUT2D eigenvalue weighted by Gasteiger charge is -2.17. The summed E-state index contributed by atoms with van der Waals surface area (Å²) >= 11 is 0. The molecule has 3 N–H and O–H groups in total. The lowest BCUT2D eigenvalue weighted by molar-refractivity contribution is -0.126. The van der Waals surface area contributed by atoms with Crippen LogP contribution in [0.15, 0.2) is 42.5 Å². The number of carbonyl (C=O) groups excluding carboxylic acids is 3. The summed E-state index contributed by atoms with van der Waals surface area (Å²) in [4.78, 5) is 38.3. The highest BCUT2D eigenvalue weighted by molar-refractivity contribution is 6.00. The second-order valence-corrected chi connectivity index (χ2v) is 8.21. The van der Waals surface area contributed by atoms with Gasteiger partial charge < -0.3 is 25.4 Å². The molecule has 0 aromatic heterocycles. The Morgan fingerprint density at radius 3 is 2.44 bits per heavy atom. The Hall–Kier alpha value is -3.39. The van der Waals surface area contributed by atoms with E-state index in [1.807, 2.05) is 32.0 Å². The van der Waals surface area contributed by atoms with Crippen molar-refractivity contribution in [3.8, 4) is 5.75 Å². The Kier molecular flexibility index (Phi) is 7.48. The van der Waals surface area contributed by atoms with Gasteiger partial charge in [0, 0.05) is 30.9 Å². The fourth-order valence-electron chi connectivity index (χ4n) is 3.64. The zero-order valence-electron chi connectivity index (χ0n) is 18.6. The lowest BCUT2D eigenvalue weighted by Crippen LogP contribution is -2.36. The number of rotatable bonds is 8. The molecule has 8 nitrogen and oxygen atoms in total. The van der Waals surface area contributed by atoms with E-state index in [9.17, 15) is 19.5 Å². The fourth-order valence-corrected chi connectivity index (χ4v) is 3.64. The molecular formula is C24H29N3O5. The van der Waals surface area contributed by atoms with Crippen LogP contribution in [0, 0.1) is 19.8 Å². The van der Waals surface area contributed by atoms with Crippen molar-refractivity contribution < 1.29 is 24.2 Å². The Morgan fingerprint density at radius 2 is 1.81 bits per heavy atom. The predicted molar refractivity (Wildman–Crippen MR) is 122 cm³/mol. The molecule has 3 amide bonds. The van der Waals surface area contributed by atoms with Gasteiger partial charge in [0.25, 0.3) is 5.91 Å². The van der Waals surface area contributed by atoms with Crippen molar-refractivity contribution in [3.63, 3.8) is 0 Å². The third-order valence-electron chi connectivity index (χ3n) is 5.09. The average molecular weight is 440 g/mol. The van der Waals surface area contributed by atoms with Crippen molar-refractivity contribution in [2.24, 2.45) is 5.92 Å². The van der Waals surface area contributed by atoms with Crippen LogP contribution in [-0.4, -0.2) is 48.6 Å². The third kappa shape index (κ3) is 6.31. The molecule has 0 unspecified atom stereocenters. The molecule has 1 aliphatic heterocycles. The summed E-state index contributed by atoms with van der Waals surface area (Å²) < 4.78 is 5.56. The summed E-state index contributed by atoms with van der Waals surface area (Å²) in [5.74, 6) is -0.589. The SMILES string of the molecule is Cc1cc(C)cc(NC(=O)COc2ccc(N3C[C@H](C(=O)NC[C@@H](C)O)CC3=O)cc2)c1. The average Bonchev–Trinajstić information content (AvgIpc) is 3.12. The van der Waals surface area contributed by atoms with Gasteiger partial charge in [0.05, 0.1) is 12.0 Å². The number of nitrogens with zero attached hydrogens (tertiary/aromatic N) is 1. The number of aliphatic hydroxyl groups is 1. The van der Waals surface area contributed by atoms with Crippen LogP contribution in [0.25, 0.3) is 0 Å². The van der Waals surface area contributed by atoms with Crippen LogP contribution >= 0.6 is 0 Å². The molecule has 1 saturated heterocycles. The molecule has 2 atom stereocenters. The van der Waals surface area contributed by atoms with Crippen molar-refractivity contribution >= 4 is 29.1 Å². The zero-order valence-corrected chi connectivity index (χ0v) is 18.6. The van der Waals surface area contributed by atoms with E-state index in [1.165, 1.54) is 0 Å². The van der Waals surface area contributed by atoms with Crippen molar-refractivity contribution in [1.29, 1.82) is 0 Å². The van der Waals surface area contributed by atoms with Crippen LogP contribution in [0.2, 0.25) is 0 Å². The minimum atomic E-state index is -0.636. The molecule has 0 saturated carbocycles. The zero-order chi connectivity index (χ0) is 23.3. The summed E-state index contributed by atoms with van der Waals surface area (Å²) in [6.45, 7) is 5.82. The number of carbonyl (C=O) groups is 3. The van der Waals surface area contributed by atoms with Gasteiger partial charge in [0.2, 0.25) is 11.8 Å². The quantitative estimate of drug-likeness (QED) is 0.584. The van der Waals surface area contributed by atoms with Crippen LogP contribution in [0.5, 0.6) is 5.75 Å². The molecule has 3 rings (SSSR count). The van der Waals surface area contributed by atoms with Gasteiger partial charge in [-0.2, -0.15) is 0 Å². The van der Waals surface area contributed by atoms with Crippen LogP contribution in [-0.2, 0) is 14.4 Å². The number of aliphatic hydroxyl groups excluding tert-OH is 1. The molecular weight excluding hydrogens is 410 g/mol. The van der Waals surface area contributed by atoms with E-state index in [0.29, 0.717) is 11.4 Å². The van der Waals surface area contributed by atoms with E-state index >= 15 is 0 Å². The minimum absolute atomic E-state index is 0.127. The molecule has 170 valence electrons. The lowest BCUT2D eigenvalue weighted by atomic mass is 10.1. The van der Waals surface area contributed by atoms with Gasteiger partial charge in [0.15, 0.2) is 6.61 Å². The van der Waals surface area contributed by atoms with Crippen LogP contribution in [0.3, 0.4) is 0 Å². The Balaban J connectivity index is 1.52. The number of ether oxygens (including phenoxy) is 1. The van der Waals surface area contributed by atoms with Gasteiger partial charge in [0.1, 0.15) is 5.75 Å². The number of benzene rings is 2. The van der Waals surface area contributed by atoms with Crippen LogP contribution < -0.4 is 20.3 Å². The number of aryl methyl sites for hydroxylation is 2. The van der Waals surface area contributed by atoms with E-state index in [4.69, 9.17) is 4.74 Å². The molecule has 32 heavy (non-hydrogen) atoms. The number of hydrogen-bond acceptors (Lipinski definition) is 5. The second-order valence-electron chi connectivity index (χ2n) is 8.21. The van der Waals surface area contributed by atoms with E-state index in [-0.39, 0.29) is 43.8 Å². The number of anilines is 2. The van der Waals surface area contributed by atoms with Crippen molar-refractivity contribution in [3.05, 3.63) is 53.6 Å². The Morgan fingerprint density at radius 1 is 1.16 bits per heavy atom.